The van der Waals surface area contributed by atoms with Gasteiger partial charge in [-0.2, -0.15) is 0 Å². The molecule has 1 amide bonds. The smallest absolute Gasteiger partial charge is 0.278 e. The van der Waals surface area contributed by atoms with Crippen LogP contribution in [-0.2, 0) is 0 Å². The molecule has 0 aliphatic rings. The first-order chi connectivity index (χ1) is 12.9. The number of ether oxygens (including phenoxy) is 2. The Morgan fingerprint density at radius 2 is 1.81 bits per heavy atom. The minimum atomic E-state index is -0.881. The molecule has 0 aliphatic heterocycles. The molecule has 27 heavy (non-hydrogen) atoms. The van der Waals surface area contributed by atoms with Crippen molar-refractivity contribution in [3.05, 3.63) is 59.4 Å². The molecule has 9 heteroatoms. The molecule has 140 valence electrons. The Bertz CT molecular complexity index is 1000. The summed E-state index contributed by atoms with van der Waals surface area (Å²) in [4.78, 5) is 12.4. The van der Waals surface area contributed by atoms with E-state index in [1.165, 1.54) is 18.9 Å². The number of rotatable bonds is 5. The summed E-state index contributed by atoms with van der Waals surface area (Å²) in [7, 11) is 3.03. The molecule has 3 aromatic rings. The second-order valence-corrected chi connectivity index (χ2v) is 5.55. The van der Waals surface area contributed by atoms with Crippen LogP contribution in [0.3, 0.4) is 0 Å². The summed E-state index contributed by atoms with van der Waals surface area (Å²) in [6.45, 7) is 1.65. The summed E-state index contributed by atoms with van der Waals surface area (Å²) >= 11 is 0. The number of amides is 1. The van der Waals surface area contributed by atoms with E-state index in [9.17, 15) is 13.6 Å². The number of methoxy groups -OCH3 is 2. The van der Waals surface area contributed by atoms with E-state index < -0.39 is 17.5 Å². The number of nitrogens with zero attached hydrogens (tertiary/aromatic N) is 3. The van der Waals surface area contributed by atoms with Gasteiger partial charge in [0.05, 0.1) is 31.3 Å². The van der Waals surface area contributed by atoms with Gasteiger partial charge in [-0.15, -0.1) is 5.10 Å². The highest BCUT2D eigenvalue weighted by Gasteiger charge is 2.19. The average Bonchev–Trinajstić information content (AvgIpc) is 3.05. The first kappa shape index (κ1) is 18.3. The Labute approximate surface area is 153 Å². The van der Waals surface area contributed by atoms with Crippen molar-refractivity contribution >= 4 is 11.6 Å². The van der Waals surface area contributed by atoms with Crippen LogP contribution in [0.25, 0.3) is 5.69 Å². The van der Waals surface area contributed by atoms with Crippen molar-refractivity contribution in [2.75, 3.05) is 19.5 Å². The molecule has 1 heterocycles. The zero-order valence-corrected chi connectivity index (χ0v) is 14.8. The monoisotopic (exact) mass is 374 g/mol. The van der Waals surface area contributed by atoms with Crippen LogP contribution in [0.4, 0.5) is 14.5 Å². The van der Waals surface area contributed by atoms with Gasteiger partial charge in [-0.25, -0.2) is 13.5 Å². The number of hydrogen-bond acceptors (Lipinski definition) is 5. The highest BCUT2D eigenvalue weighted by Crippen LogP contribution is 2.29. The first-order valence-electron chi connectivity index (χ1n) is 7.85. The third-order valence-electron chi connectivity index (χ3n) is 3.90. The molecule has 2 aromatic carbocycles. The number of halogens is 2. The van der Waals surface area contributed by atoms with Gasteiger partial charge in [0.25, 0.3) is 5.91 Å². The van der Waals surface area contributed by atoms with Gasteiger partial charge < -0.3 is 14.8 Å². The molecule has 0 aliphatic carbocycles. The van der Waals surface area contributed by atoms with Gasteiger partial charge >= 0.3 is 0 Å². The van der Waals surface area contributed by atoms with E-state index in [1.807, 2.05) is 0 Å². The lowest BCUT2D eigenvalue weighted by Gasteiger charge is -2.10. The predicted octanol–water partition coefficient (Wildman–Crippen LogP) is 3.12. The molecular formula is C18H16F2N4O3. The van der Waals surface area contributed by atoms with Crippen molar-refractivity contribution in [3.63, 3.8) is 0 Å². The maximum atomic E-state index is 13.7. The van der Waals surface area contributed by atoms with Gasteiger partial charge in [0, 0.05) is 12.1 Å². The molecule has 7 nitrogen and oxygen atoms in total. The Kier molecular flexibility index (Phi) is 5.02. The lowest BCUT2D eigenvalue weighted by Crippen LogP contribution is -2.15. The van der Waals surface area contributed by atoms with Crippen molar-refractivity contribution in [3.8, 4) is 17.2 Å². The molecular weight excluding hydrogens is 358 g/mol. The van der Waals surface area contributed by atoms with Gasteiger partial charge in [-0.05, 0) is 31.2 Å². The number of carbonyl (C=O) groups excluding carboxylic acids is 1. The molecule has 0 atom stereocenters. The summed E-state index contributed by atoms with van der Waals surface area (Å²) in [5.41, 5.74) is 0.891. The molecule has 0 bridgehead atoms. The summed E-state index contributed by atoms with van der Waals surface area (Å²) < 4.78 is 38.6. The van der Waals surface area contributed by atoms with Crippen molar-refractivity contribution < 1.29 is 23.0 Å². The fraction of sp³-hybridized carbons (Fsp3) is 0.167. The SMILES string of the molecule is COc1ccc(-n2nnc(C(=O)Nc3ccc(F)cc3F)c2C)cc1OC. The summed E-state index contributed by atoms with van der Waals surface area (Å²) in [6.07, 6.45) is 0. The third kappa shape index (κ3) is 3.57. The van der Waals surface area contributed by atoms with Crippen LogP contribution in [0.1, 0.15) is 16.2 Å². The third-order valence-corrected chi connectivity index (χ3v) is 3.90. The van der Waals surface area contributed by atoms with E-state index in [1.54, 1.807) is 25.1 Å². The van der Waals surface area contributed by atoms with E-state index in [2.05, 4.69) is 15.6 Å². The van der Waals surface area contributed by atoms with Crippen LogP contribution in [0.2, 0.25) is 0 Å². The molecule has 0 saturated carbocycles. The van der Waals surface area contributed by atoms with E-state index in [0.29, 0.717) is 28.9 Å². The van der Waals surface area contributed by atoms with Gasteiger partial charge in [0.2, 0.25) is 0 Å². The maximum Gasteiger partial charge on any atom is 0.278 e. The molecule has 0 spiro atoms. The minimum absolute atomic E-state index is 0.00788. The number of carbonyl (C=O) groups is 1. The Hall–Kier alpha value is -3.49. The summed E-state index contributed by atoms with van der Waals surface area (Å²) in [6, 6.07) is 7.97. The standard InChI is InChI=1S/C18H16F2N4O3/c1-10-17(18(25)21-14-6-4-11(19)8-13(14)20)22-23-24(10)12-5-7-15(26-2)16(9-12)27-3/h4-9H,1-3H3,(H,21,25). The van der Waals surface area contributed by atoms with Gasteiger partial charge in [-0.3, -0.25) is 4.79 Å². The molecule has 3 rings (SSSR count). The summed E-state index contributed by atoms with van der Waals surface area (Å²) in [5.74, 6) is -1.24. The zero-order valence-electron chi connectivity index (χ0n) is 14.8. The fourth-order valence-corrected chi connectivity index (χ4v) is 2.51. The second-order valence-electron chi connectivity index (χ2n) is 5.55. The maximum absolute atomic E-state index is 13.7. The summed E-state index contributed by atoms with van der Waals surface area (Å²) in [5, 5.41) is 10.2. The van der Waals surface area contributed by atoms with E-state index in [0.717, 1.165) is 12.1 Å². The Morgan fingerprint density at radius 1 is 1.07 bits per heavy atom. The van der Waals surface area contributed by atoms with Crippen LogP contribution in [-0.4, -0.2) is 35.1 Å². The first-order valence-corrected chi connectivity index (χ1v) is 7.85. The Morgan fingerprint density at radius 3 is 2.48 bits per heavy atom. The lowest BCUT2D eigenvalue weighted by atomic mass is 10.2. The van der Waals surface area contributed by atoms with Crippen LogP contribution >= 0.6 is 0 Å². The number of anilines is 1. The largest absolute Gasteiger partial charge is 0.493 e. The molecule has 1 N–H and O–H groups in total. The normalized spacial score (nSPS) is 10.6. The van der Waals surface area contributed by atoms with Crippen molar-refractivity contribution in [1.29, 1.82) is 0 Å². The number of hydrogen-bond donors (Lipinski definition) is 1. The molecule has 0 unspecified atom stereocenters. The van der Waals surface area contributed by atoms with E-state index >= 15 is 0 Å². The second kappa shape index (κ2) is 7.40. The zero-order chi connectivity index (χ0) is 19.6. The molecule has 0 saturated heterocycles. The van der Waals surface area contributed by atoms with Gasteiger partial charge in [-0.1, -0.05) is 5.21 Å². The van der Waals surface area contributed by atoms with Crippen molar-refractivity contribution in [2.45, 2.75) is 6.92 Å². The highest BCUT2D eigenvalue weighted by atomic mass is 19.1. The van der Waals surface area contributed by atoms with Crippen LogP contribution in [0.5, 0.6) is 11.5 Å². The predicted molar refractivity (Wildman–Crippen MR) is 93.5 cm³/mol. The van der Waals surface area contributed by atoms with Gasteiger partial charge in [0.1, 0.15) is 11.6 Å². The Balaban J connectivity index is 1.90. The topological polar surface area (TPSA) is 78.3 Å². The van der Waals surface area contributed by atoms with Crippen LogP contribution in [0, 0.1) is 18.6 Å². The van der Waals surface area contributed by atoms with Crippen molar-refractivity contribution in [1.82, 2.24) is 15.0 Å². The molecule has 1 aromatic heterocycles. The number of nitrogens with one attached hydrogen (secondary N) is 1. The minimum Gasteiger partial charge on any atom is -0.493 e. The quantitative estimate of drug-likeness (QED) is 0.742. The van der Waals surface area contributed by atoms with Crippen molar-refractivity contribution in [2.24, 2.45) is 0 Å². The van der Waals surface area contributed by atoms with E-state index in [4.69, 9.17) is 9.47 Å². The van der Waals surface area contributed by atoms with E-state index in [-0.39, 0.29) is 11.4 Å². The highest BCUT2D eigenvalue weighted by molar-refractivity contribution is 6.03. The average molecular weight is 374 g/mol. The fourth-order valence-electron chi connectivity index (χ4n) is 2.51. The van der Waals surface area contributed by atoms with Crippen LogP contribution < -0.4 is 14.8 Å². The van der Waals surface area contributed by atoms with Crippen LogP contribution in [0.15, 0.2) is 36.4 Å². The number of aromatic nitrogens is 3. The van der Waals surface area contributed by atoms with Gasteiger partial charge in [0.15, 0.2) is 17.2 Å². The number of benzene rings is 2. The molecule has 0 radical (unpaired) electrons. The molecule has 0 fully saturated rings. The lowest BCUT2D eigenvalue weighted by molar-refractivity contribution is 0.102.